The van der Waals surface area contributed by atoms with E-state index in [9.17, 15) is 9.59 Å². The van der Waals surface area contributed by atoms with E-state index in [1.165, 1.54) is 25.7 Å². The summed E-state index contributed by atoms with van der Waals surface area (Å²) in [4.78, 5) is 45.6. The van der Waals surface area contributed by atoms with Crippen LogP contribution in [-0.4, -0.2) is 31.4 Å². The van der Waals surface area contributed by atoms with Gasteiger partial charge in [-0.2, -0.15) is 0 Å². The smallest absolute Gasteiger partial charge is 0.373 e. The monoisotopic (exact) mass is 558 g/mol. The second-order valence-corrected chi connectivity index (χ2v) is 9.73. The number of benzene rings is 2. The fraction of sp³-hybridized carbons (Fsp3) is 0.562. The molecule has 0 spiro atoms. The first kappa shape index (κ1) is 33.1. The van der Waals surface area contributed by atoms with Crippen LogP contribution in [0.5, 0.6) is 11.5 Å². The summed E-state index contributed by atoms with van der Waals surface area (Å²) >= 11 is 0. The molecule has 0 aliphatic heterocycles. The molecule has 2 aromatic rings. The van der Waals surface area contributed by atoms with Crippen molar-refractivity contribution in [3.63, 3.8) is 0 Å². The Hall–Kier alpha value is -3.10. The van der Waals surface area contributed by atoms with E-state index in [0.29, 0.717) is 42.3 Å². The van der Waals surface area contributed by atoms with Gasteiger partial charge in [0.15, 0.2) is 0 Å². The van der Waals surface area contributed by atoms with Gasteiger partial charge in [-0.15, -0.1) is 9.78 Å². The molecule has 0 aromatic heterocycles. The van der Waals surface area contributed by atoms with Gasteiger partial charge in [0.2, 0.25) is 6.29 Å². The normalized spacial score (nSPS) is 10.9. The minimum absolute atomic E-state index is 0.302. The molecule has 0 aliphatic carbocycles. The second-order valence-electron chi connectivity index (χ2n) is 9.73. The topological polar surface area (TPSA) is 89.5 Å². The molecule has 0 radical (unpaired) electrons. The summed E-state index contributed by atoms with van der Waals surface area (Å²) in [5, 5.41) is 0. The molecule has 0 amide bonds. The second kappa shape index (κ2) is 20.8. The summed E-state index contributed by atoms with van der Waals surface area (Å²) in [6.45, 7) is 7.62. The number of carbonyl (C=O) groups excluding carboxylic acids is 2. The molecule has 0 fully saturated rings. The maximum absolute atomic E-state index is 12.5. The highest BCUT2D eigenvalue weighted by Gasteiger charge is 2.20. The molecule has 0 atom stereocenters. The Morgan fingerprint density at radius 1 is 0.550 bits per heavy atom. The number of ether oxygens (including phenoxy) is 2. The summed E-state index contributed by atoms with van der Waals surface area (Å²) < 4.78 is 11.3. The van der Waals surface area contributed by atoms with Gasteiger partial charge in [-0.1, -0.05) is 72.1 Å². The highest BCUT2D eigenvalue weighted by molar-refractivity contribution is 5.89. The van der Waals surface area contributed by atoms with Crippen molar-refractivity contribution >= 4 is 11.9 Å². The SMILES string of the molecule is CCCCCCCCCC(OOC(=O)c1ccc(OCCCC)cc1)OOC(=O)c1ccc(OCCCC)cc1. The predicted molar refractivity (Wildman–Crippen MR) is 153 cm³/mol. The molecule has 0 heterocycles. The largest absolute Gasteiger partial charge is 0.494 e. The molecule has 40 heavy (non-hydrogen) atoms. The summed E-state index contributed by atoms with van der Waals surface area (Å²) in [5.74, 6) is -0.00594. The van der Waals surface area contributed by atoms with Gasteiger partial charge >= 0.3 is 11.9 Å². The van der Waals surface area contributed by atoms with E-state index < -0.39 is 18.2 Å². The number of hydrogen-bond acceptors (Lipinski definition) is 8. The van der Waals surface area contributed by atoms with Crippen LogP contribution in [-0.2, 0) is 19.6 Å². The first-order valence-corrected chi connectivity index (χ1v) is 14.8. The van der Waals surface area contributed by atoms with Crippen LogP contribution in [0.15, 0.2) is 48.5 Å². The van der Waals surface area contributed by atoms with Crippen molar-refractivity contribution in [3.8, 4) is 11.5 Å². The zero-order chi connectivity index (χ0) is 28.8. The average Bonchev–Trinajstić information content (AvgIpc) is 2.98. The Kier molecular flexibility index (Phi) is 17.2. The van der Waals surface area contributed by atoms with Gasteiger partial charge in [0.1, 0.15) is 11.5 Å². The molecule has 8 heteroatoms. The van der Waals surface area contributed by atoms with Gasteiger partial charge in [-0.05, 0) is 67.8 Å². The van der Waals surface area contributed by atoms with E-state index >= 15 is 0 Å². The third-order valence-electron chi connectivity index (χ3n) is 6.22. The summed E-state index contributed by atoms with van der Waals surface area (Å²) in [6, 6.07) is 13.3. The molecule has 8 nitrogen and oxygen atoms in total. The van der Waals surface area contributed by atoms with Crippen molar-refractivity contribution in [2.45, 2.75) is 104 Å². The molecule has 0 aliphatic rings. The standard InChI is InChI=1S/C32H46O8/c1-4-7-10-11-12-13-14-15-30(37-39-31(33)26-16-20-28(21-17-26)35-24-8-5-2)38-40-32(34)27-18-22-29(23-19-27)36-25-9-6-3/h16-23,30H,4-15,24-25H2,1-3H3. The van der Waals surface area contributed by atoms with E-state index in [1.807, 2.05) is 0 Å². The first-order chi connectivity index (χ1) is 19.6. The first-order valence-electron chi connectivity index (χ1n) is 14.8. The Balaban J connectivity index is 1.87. The van der Waals surface area contributed by atoms with Crippen LogP contribution in [0, 0.1) is 0 Å². The lowest BCUT2D eigenvalue weighted by atomic mass is 10.1. The fourth-order valence-electron chi connectivity index (χ4n) is 3.71. The Labute approximate surface area is 239 Å². The summed E-state index contributed by atoms with van der Waals surface area (Å²) in [7, 11) is 0. The third kappa shape index (κ3) is 13.8. The van der Waals surface area contributed by atoms with Crippen molar-refractivity contribution in [2.75, 3.05) is 13.2 Å². The average molecular weight is 559 g/mol. The number of hydrogen-bond donors (Lipinski definition) is 0. The minimum Gasteiger partial charge on any atom is -0.494 e. The minimum atomic E-state index is -1.06. The molecular formula is C32H46O8. The molecule has 0 saturated carbocycles. The molecule has 0 saturated heterocycles. The van der Waals surface area contributed by atoms with Crippen LogP contribution >= 0.6 is 0 Å². The highest BCUT2D eigenvalue weighted by Crippen LogP contribution is 2.18. The van der Waals surface area contributed by atoms with E-state index in [-0.39, 0.29) is 0 Å². The lowest BCUT2D eigenvalue weighted by Crippen LogP contribution is -2.22. The van der Waals surface area contributed by atoms with E-state index in [0.717, 1.165) is 44.9 Å². The Morgan fingerprint density at radius 2 is 0.950 bits per heavy atom. The predicted octanol–water partition coefficient (Wildman–Crippen LogP) is 8.39. The molecule has 222 valence electrons. The molecule has 0 N–H and O–H groups in total. The van der Waals surface area contributed by atoms with Crippen LogP contribution in [0.25, 0.3) is 0 Å². The van der Waals surface area contributed by atoms with Crippen LogP contribution in [0.3, 0.4) is 0 Å². The molecule has 0 unspecified atom stereocenters. The summed E-state index contributed by atoms with van der Waals surface area (Å²) in [6.07, 6.45) is 11.0. The summed E-state index contributed by atoms with van der Waals surface area (Å²) in [5.41, 5.74) is 0.603. The Bertz CT molecular complexity index is 873. The lowest BCUT2D eigenvalue weighted by molar-refractivity contribution is -0.421. The lowest BCUT2D eigenvalue weighted by Gasteiger charge is -2.15. The number of carbonyl (C=O) groups is 2. The molecule has 0 bridgehead atoms. The van der Waals surface area contributed by atoms with Crippen molar-refractivity contribution in [1.82, 2.24) is 0 Å². The van der Waals surface area contributed by atoms with Crippen molar-refractivity contribution < 1.29 is 38.6 Å². The van der Waals surface area contributed by atoms with Crippen LogP contribution < -0.4 is 9.47 Å². The van der Waals surface area contributed by atoms with Gasteiger partial charge in [0, 0.05) is 6.42 Å². The number of unbranched alkanes of at least 4 members (excludes halogenated alkanes) is 8. The molecule has 2 aromatic carbocycles. The molecule has 2 rings (SSSR count). The van der Waals surface area contributed by atoms with E-state index in [2.05, 4.69) is 20.8 Å². The third-order valence-corrected chi connectivity index (χ3v) is 6.22. The maximum atomic E-state index is 12.5. The van der Waals surface area contributed by atoms with Crippen molar-refractivity contribution in [2.24, 2.45) is 0 Å². The quantitative estimate of drug-likeness (QED) is 0.0616. The number of rotatable bonds is 22. The zero-order valence-corrected chi connectivity index (χ0v) is 24.4. The van der Waals surface area contributed by atoms with E-state index in [4.69, 9.17) is 29.0 Å². The van der Waals surface area contributed by atoms with Gasteiger partial charge in [-0.25, -0.2) is 9.59 Å². The van der Waals surface area contributed by atoms with E-state index in [1.54, 1.807) is 48.5 Å². The Morgan fingerprint density at radius 3 is 1.38 bits per heavy atom. The van der Waals surface area contributed by atoms with Crippen molar-refractivity contribution in [3.05, 3.63) is 59.7 Å². The van der Waals surface area contributed by atoms with Crippen molar-refractivity contribution in [1.29, 1.82) is 0 Å². The van der Waals surface area contributed by atoms with Crippen LogP contribution in [0.1, 0.15) is 119 Å². The highest BCUT2D eigenvalue weighted by atomic mass is 17.3. The maximum Gasteiger partial charge on any atom is 0.373 e. The van der Waals surface area contributed by atoms with Crippen LogP contribution in [0.2, 0.25) is 0 Å². The zero-order valence-electron chi connectivity index (χ0n) is 24.4. The van der Waals surface area contributed by atoms with Gasteiger partial charge in [0.25, 0.3) is 0 Å². The fourth-order valence-corrected chi connectivity index (χ4v) is 3.71. The molecular weight excluding hydrogens is 512 g/mol. The van der Waals surface area contributed by atoms with Gasteiger partial charge in [0.05, 0.1) is 24.3 Å². The van der Waals surface area contributed by atoms with Gasteiger partial charge < -0.3 is 9.47 Å². The van der Waals surface area contributed by atoms with Crippen LogP contribution in [0.4, 0.5) is 0 Å². The van der Waals surface area contributed by atoms with Gasteiger partial charge in [-0.3, -0.25) is 9.78 Å².